The second-order valence-electron chi connectivity index (χ2n) is 8.33. The van der Waals surface area contributed by atoms with Crippen molar-refractivity contribution in [2.75, 3.05) is 11.9 Å². The summed E-state index contributed by atoms with van der Waals surface area (Å²) in [6.07, 6.45) is 10.6. The first kappa shape index (κ1) is 21.9. The number of nitrogens with zero attached hydrogens (tertiary/aromatic N) is 4. The zero-order chi connectivity index (χ0) is 22.9. The van der Waals surface area contributed by atoms with E-state index in [1.165, 1.54) is 40.3 Å². The van der Waals surface area contributed by atoms with Crippen molar-refractivity contribution < 1.29 is 9.21 Å². The Morgan fingerprint density at radius 3 is 2.79 bits per heavy atom. The van der Waals surface area contributed by atoms with Crippen molar-refractivity contribution >= 4 is 51.7 Å². The Kier molecular flexibility index (Phi) is 6.07. The standard InChI is InChI=1S/C24H24N4O3S2/c1-26(16-8-3-2-4-9-16)21-18(22(29)27-12-6-5-11-20(27)25-21)14-19-23(30)28(24(32)33-19)15-17-10-7-13-31-17/h5-7,10-14,16H,2-4,8-9,15H2,1H3/b19-14-. The topological polar surface area (TPSA) is 71.1 Å². The number of rotatable bonds is 5. The first-order chi connectivity index (χ1) is 16.0. The van der Waals surface area contributed by atoms with Gasteiger partial charge in [-0.15, -0.1) is 0 Å². The maximum absolute atomic E-state index is 13.5. The molecule has 0 N–H and O–H groups in total. The van der Waals surface area contributed by atoms with Crippen molar-refractivity contribution in [2.24, 2.45) is 0 Å². The van der Waals surface area contributed by atoms with Gasteiger partial charge in [0.05, 0.1) is 23.3 Å². The number of hydrogen-bond acceptors (Lipinski definition) is 7. The van der Waals surface area contributed by atoms with Gasteiger partial charge in [0.2, 0.25) is 0 Å². The smallest absolute Gasteiger partial charge is 0.267 e. The number of fused-ring (bicyclic) bond motifs is 1. The van der Waals surface area contributed by atoms with Crippen molar-refractivity contribution in [3.8, 4) is 0 Å². The third-order valence-electron chi connectivity index (χ3n) is 6.25. The van der Waals surface area contributed by atoms with E-state index in [2.05, 4.69) is 4.90 Å². The molecule has 7 nitrogen and oxygen atoms in total. The summed E-state index contributed by atoms with van der Waals surface area (Å²) < 4.78 is 7.34. The van der Waals surface area contributed by atoms with Gasteiger partial charge in [0.1, 0.15) is 21.5 Å². The van der Waals surface area contributed by atoms with Crippen LogP contribution in [0.5, 0.6) is 0 Å². The fourth-order valence-electron chi connectivity index (χ4n) is 4.45. The number of anilines is 1. The van der Waals surface area contributed by atoms with Gasteiger partial charge in [-0.05, 0) is 43.2 Å². The van der Waals surface area contributed by atoms with E-state index in [-0.39, 0.29) is 18.0 Å². The highest BCUT2D eigenvalue weighted by molar-refractivity contribution is 8.26. The van der Waals surface area contributed by atoms with Crippen LogP contribution in [0.4, 0.5) is 5.82 Å². The summed E-state index contributed by atoms with van der Waals surface area (Å²) in [6, 6.07) is 9.39. The highest BCUT2D eigenvalue weighted by Crippen LogP contribution is 2.35. The molecule has 1 aliphatic heterocycles. The number of carbonyl (C=O) groups excluding carboxylic acids is 1. The van der Waals surface area contributed by atoms with Crippen molar-refractivity contribution in [2.45, 2.75) is 44.7 Å². The van der Waals surface area contributed by atoms with E-state index in [0.29, 0.717) is 38.1 Å². The van der Waals surface area contributed by atoms with Gasteiger partial charge in [-0.25, -0.2) is 4.98 Å². The van der Waals surface area contributed by atoms with Crippen molar-refractivity contribution in [1.82, 2.24) is 14.3 Å². The Balaban J connectivity index is 1.57. The summed E-state index contributed by atoms with van der Waals surface area (Å²) in [5, 5.41) is 0. The summed E-state index contributed by atoms with van der Waals surface area (Å²) in [5.41, 5.74) is 0.794. The number of thioether (sulfide) groups is 1. The third kappa shape index (κ3) is 4.22. The van der Waals surface area contributed by atoms with Crippen LogP contribution in [0, 0.1) is 0 Å². The van der Waals surface area contributed by atoms with E-state index in [1.54, 1.807) is 36.7 Å². The average Bonchev–Trinajstić information content (AvgIpc) is 3.45. The fourth-order valence-corrected chi connectivity index (χ4v) is 5.69. The molecule has 0 spiro atoms. The van der Waals surface area contributed by atoms with Crippen molar-refractivity contribution in [3.63, 3.8) is 0 Å². The van der Waals surface area contributed by atoms with E-state index >= 15 is 0 Å². The molecule has 2 aliphatic rings. The molecule has 1 aliphatic carbocycles. The lowest BCUT2D eigenvalue weighted by atomic mass is 9.94. The Morgan fingerprint density at radius 2 is 2.03 bits per heavy atom. The van der Waals surface area contributed by atoms with E-state index in [1.807, 2.05) is 19.2 Å². The Bertz CT molecular complexity index is 1290. The molecule has 2 fully saturated rings. The summed E-state index contributed by atoms with van der Waals surface area (Å²) in [5.74, 6) is 1.03. The number of thiocarbonyl (C=S) groups is 1. The zero-order valence-corrected chi connectivity index (χ0v) is 19.9. The quantitative estimate of drug-likeness (QED) is 0.394. The molecule has 170 valence electrons. The summed E-state index contributed by atoms with van der Waals surface area (Å²) in [7, 11) is 2.00. The molecule has 33 heavy (non-hydrogen) atoms. The number of pyridine rings is 1. The Labute approximate surface area is 201 Å². The van der Waals surface area contributed by atoms with E-state index in [0.717, 1.165) is 12.8 Å². The van der Waals surface area contributed by atoms with Crippen LogP contribution in [0.3, 0.4) is 0 Å². The highest BCUT2D eigenvalue weighted by Gasteiger charge is 2.33. The second-order valence-corrected chi connectivity index (χ2v) is 10.0. The molecule has 0 atom stereocenters. The lowest BCUT2D eigenvalue weighted by Gasteiger charge is -2.33. The number of carbonyl (C=O) groups is 1. The van der Waals surface area contributed by atoms with E-state index in [4.69, 9.17) is 21.6 Å². The minimum absolute atomic E-state index is 0.199. The first-order valence-electron chi connectivity index (χ1n) is 11.0. The number of amides is 1. The van der Waals surface area contributed by atoms with Gasteiger partial charge in [0.25, 0.3) is 11.5 Å². The predicted molar refractivity (Wildman–Crippen MR) is 134 cm³/mol. The SMILES string of the molecule is CN(c1nc2ccccn2c(=O)c1/C=C1\SC(=S)N(Cc2ccco2)C1=O)C1CCCCC1. The summed E-state index contributed by atoms with van der Waals surface area (Å²) in [4.78, 5) is 35.6. The first-order valence-corrected chi connectivity index (χ1v) is 12.3. The van der Waals surface area contributed by atoms with Crippen LogP contribution >= 0.6 is 24.0 Å². The Morgan fingerprint density at radius 1 is 1.21 bits per heavy atom. The summed E-state index contributed by atoms with van der Waals surface area (Å²) >= 11 is 6.66. The fraction of sp³-hybridized carbons (Fsp3) is 0.333. The second kappa shape index (κ2) is 9.15. The lowest BCUT2D eigenvalue weighted by Crippen LogP contribution is -2.36. The van der Waals surface area contributed by atoms with E-state index in [9.17, 15) is 9.59 Å². The van der Waals surface area contributed by atoms with Gasteiger partial charge in [0.15, 0.2) is 0 Å². The predicted octanol–water partition coefficient (Wildman–Crippen LogP) is 4.46. The zero-order valence-electron chi connectivity index (χ0n) is 18.3. The van der Waals surface area contributed by atoms with Gasteiger partial charge in [-0.3, -0.25) is 18.9 Å². The number of furan rings is 1. The van der Waals surface area contributed by atoms with Crippen LogP contribution in [0.25, 0.3) is 11.7 Å². The monoisotopic (exact) mass is 480 g/mol. The molecule has 1 amide bonds. The highest BCUT2D eigenvalue weighted by atomic mass is 32.2. The van der Waals surface area contributed by atoms with Crippen LogP contribution in [-0.2, 0) is 11.3 Å². The molecule has 5 rings (SSSR count). The molecule has 3 aromatic rings. The molecule has 3 aromatic heterocycles. The molecular formula is C24H24N4O3S2. The van der Waals surface area contributed by atoms with Crippen LogP contribution in [0.1, 0.15) is 43.4 Å². The maximum Gasteiger partial charge on any atom is 0.267 e. The van der Waals surface area contributed by atoms with Gasteiger partial charge in [-0.2, -0.15) is 0 Å². The molecule has 1 saturated heterocycles. The molecule has 4 heterocycles. The van der Waals surface area contributed by atoms with Crippen molar-refractivity contribution in [3.05, 3.63) is 69.4 Å². The molecule has 0 aromatic carbocycles. The lowest BCUT2D eigenvalue weighted by molar-refractivity contribution is -0.122. The molecule has 0 radical (unpaired) electrons. The minimum Gasteiger partial charge on any atom is -0.467 e. The van der Waals surface area contributed by atoms with Gasteiger partial charge in [-0.1, -0.05) is 49.3 Å². The number of hydrogen-bond donors (Lipinski definition) is 0. The van der Waals surface area contributed by atoms with Crippen LogP contribution in [0.15, 0.2) is 56.9 Å². The molecule has 9 heteroatoms. The van der Waals surface area contributed by atoms with E-state index < -0.39 is 0 Å². The normalized spacial score (nSPS) is 18.6. The largest absolute Gasteiger partial charge is 0.467 e. The molecular weight excluding hydrogens is 456 g/mol. The molecule has 1 saturated carbocycles. The van der Waals surface area contributed by atoms with Crippen molar-refractivity contribution in [1.29, 1.82) is 0 Å². The molecule has 0 unspecified atom stereocenters. The maximum atomic E-state index is 13.5. The van der Waals surface area contributed by atoms with Crippen LogP contribution in [-0.4, -0.2) is 37.6 Å². The van der Waals surface area contributed by atoms with Gasteiger partial charge < -0.3 is 9.32 Å². The number of aromatic nitrogens is 2. The molecule has 0 bridgehead atoms. The van der Waals surface area contributed by atoms with Gasteiger partial charge in [0, 0.05) is 19.3 Å². The Hall–Kier alpha value is -2.91. The van der Waals surface area contributed by atoms with Crippen LogP contribution < -0.4 is 10.5 Å². The average molecular weight is 481 g/mol. The van der Waals surface area contributed by atoms with Gasteiger partial charge >= 0.3 is 0 Å². The minimum atomic E-state index is -0.231. The van der Waals surface area contributed by atoms with Crippen LogP contribution in [0.2, 0.25) is 0 Å². The summed E-state index contributed by atoms with van der Waals surface area (Å²) in [6.45, 7) is 0.263. The third-order valence-corrected chi connectivity index (χ3v) is 7.63.